The summed E-state index contributed by atoms with van der Waals surface area (Å²) in [5, 5.41) is 2.37. The molecule has 0 spiro atoms. The zero-order valence-electron chi connectivity index (χ0n) is 13.8. The molecular weight excluding hydrogens is 272 g/mol. The Labute approximate surface area is 132 Å². The summed E-state index contributed by atoms with van der Waals surface area (Å²) in [4.78, 5) is 0. The van der Waals surface area contributed by atoms with E-state index in [1.54, 1.807) is 0 Å². The fourth-order valence-corrected chi connectivity index (χ4v) is 2.60. The molecule has 0 aliphatic carbocycles. The van der Waals surface area contributed by atoms with Crippen molar-refractivity contribution in [2.75, 3.05) is 6.61 Å². The first kappa shape index (κ1) is 15.1. The van der Waals surface area contributed by atoms with Gasteiger partial charge in [-0.05, 0) is 44.0 Å². The molecule has 3 rings (SSSR count). The van der Waals surface area contributed by atoms with Gasteiger partial charge in [-0.3, -0.25) is 0 Å². The highest BCUT2D eigenvalue weighted by molar-refractivity contribution is 6.05. The number of benzene rings is 2. The van der Waals surface area contributed by atoms with Crippen LogP contribution >= 0.6 is 0 Å². The third kappa shape index (κ3) is 2.89. The molecule has 0 N–H and O–H groups in total. The standard InChI is InChI=1S/C20H24O2/c1-5-20(3,4)21-13-14(2)15-10-11-19-17(12-15)16-8-6-7-9-18(16)22-19/h6-12,14H,5,13H2,1-4H3. The fourth-order valence-electron chi connectivity index (χ4n) is 2.60. The maximum Gasteiger partial charge on any atom is 0.135 e. The van der Waals surface area contributed by atoms with Gasteiger partial charge in [-0.15, -0.1) is 0 Å². The Hall–Kier alpha value is -1.80. The van der Waals surface area contributed by atoms with Crippen LogP contribution in [0.3, 0.4) is 0 Å². The lowest BCUT2D eigenvalue weighted by molar-refractivity contribution is -0.0255. The molecule has 1 atom stereocenters. The van der Waals surface area contributed by atoms with Gasteiger partial charge in [0.2, 0.25) is 0 Å². The van der Waals surface area contributed by atoms with E-state index in [-0.39, 0.29) is 5.60 Å². The zero-order valence-corrected chi connectivity index (χ0v) is 13.8. The Balaban J connectivity index is 1.89. The van der Waals surface area contributed by atoms with Crippen LogP contribution in [-0.4, -0.2) is 12.2 Å². The molecule has 2 nitrogen and oxygen atoms in total. The predicted molar refractivity (Wildman–Crippen MR) is 92.5 cm³/mol. The third-order valence-corrected chi connectivity index (χ3v) is 4.55. The van der Waals surface area contributed by atoms with Crippen molar-refractivity contribution in [3.8, 4) is 0 Å². The van der Waals surface area contributed by atoms with Crippen molar-refractivity contribution >= 4 is 21.9 Å². The highest BCUT2D eigenvalue weighted by Crippen LogP contribution is 2.31. The van der Waals surface area contributed by atoms with Gasteiger partial charge in [0.15, 0.2) is 0 Å². The van der Waals surface area contributed by atoms with Gasteiger partial charge < -0.3 is 9.15 Å². The molecular formula is C20H24O2. The smallest absolute Gasteiger partial charge is 0.135 e. The van der Waals surface area contributed by atoms with E-state index in [2.05, 4.69) is 58.0 Å². The number of hydrogen-bond acceptors (Lipinski definition) is 2. The molecule has 0 radical (unpaired) electrons. The van der Waals surface area contributed by atoms with Gasteiger partial charge in [0.05, 0.1) is 12.2 Å². The van der Waals surface area contributed by atoms with E-state index in [9.17, 15) is 0 Å². The van der Waals surface area contributed by atoms with E-state index in [4.69, 9.17) is 9.15 Å². The van der Waals surface area contributed by atoms with Crippen molar-refractivity contribution in [1.82, 2.24) is 0 Å². The minimum Gasteiger partial charge on any atom is -0.456 e. The molecule has 0 fully saturated rings. The molecule has 0 aliphatic rings. The number of para-hydroxylation sites is 1. The van der Waals surface area contributed by atoms with Crippen LogP contribution in [0.15, 0.2) is 46.9 Å². The molecule has 0 amide bonds. The molecule has 1 heterocycles. The van der Waals surface area contributed by atoms with Crippen LogP contribution < -0.4 is 0 Å². The Bertz CT molecular complexity index is 783. The summed E-state index contributed by atoms with van der Waals surface area (Å²) in [5.74, 6) is 0.365. The summed E-state index contributed by atoms with van der Waals surface area (Å²) in [7, 11) is 0. The minimum atomic E-state index is -0.0549. The summed E-state index contributed by atoms with van der Waals surface area (Å²) in [6.07, 6.45) is 1.02. The monoisotopic (exact) mass is 296 g/mol. The molecule has 1 unspecified atom stereocenters. The third-order valence-electron chi connectivity index (χ3n) is 4.55. The normalized spacial score (nSPS) is 13.8. The first-order valence-electron chi connectivity index (χ1n) is 8.05. The molecule has 0 saturated heterocycles. The summed E-state index contributed by atoms with van der Waals surface area (Å²) >= 11 is 0. The van der Waals surface area contributed by atoms with E-state index < -0.39 is 0 Å². The summed E-state index contributed by atoms with van der Waals surface area (Å²) in [6.45, 7) is 9.41. The Kier molecular flexibility index (Phi) is 3.96. The number of furan rings is 1. The molecule has 0 saturated carbocycles. The van der Waals surface area contributed by atoms with Crippen molar-refractivity contribution in [3.05, 3.63) is 48.0 Å². The molecule has 22 heavy (non-hydrogen) atoms. The second-order valence-electron chi connectivity index (χ2n) is 6.68. The van der Waals surface area contributed by atoms with Crippen LogP contribution in [-0.2, 0) is 4.74 Å². The first-order valence-corrected chi connectivity index (χ1v) is 8.05. The van der Waals surface area contributed by atoms with Gasteiger partial charge >= 0.3 is 0 Å². The lowest BCUT2D eigenvalue weighted by atomic mass is 9.99. The second kappa shape index (κ2) is 5.77. The predicted octanol–water partition coefficient (Wildman–Crippen LogP) is 5.89. The van der Waals surface area contributed by atoms with Gasteiger partial charge in [0, 0.05) is 16.7 Å². The van der Waals surface area contributed by atoms with Crippen LogP contribution in [0.1, 0.15) is 45.6 Å². The van der Waals surface area contributed by atoms with E-state index >= 15 is 0 Å². The summed E-state index contributed by atoms with van der Waals surface area (Å²) < 4.78 is 11.9. The SMILES string of the molecule is CCC(C)(C)OCC(C)c1ccc2oc3ccccc3c2c1. The van der Waals surface area contributed by atoms with E-state index in [0.717, 1.165) is 24.2 Å². The second-order valence-corrected chi connectivity index (χ2v) is 6.68. The van der Waals surface area contributed by atoms with Crippen LogP contribution in [0.25, 0.3) is 21.9 Å². The molecule has 2 aromatic carbocycles. The molecule has 2 heteroatoms. The molecule has 3 aromatic rings. The van der Waals surface area contributed by atoms with Crippen LogP contribution in [0.2, 0.25) is 0 Å². The average Bonchev–Trinajstić information content (AvgIpc) is 2.90. The molecule has 116 valence electrons. The van der Waals surface area contributed by atoms with Crippen molar-refractivity contribution in [1.29, 1.82) is 0 Å². The van der Waals surface area contributed by atoms with Crippen molar-refractivity contribution in [2.45, 2.75) is 45.6 Å². The highest BCUT2D eigenvalue weighted by atomic mass is 16.5. The van der Waals surface area contributed by atoms with Gasteiger partial charge in [-0.1, -0.05) is 38.1 Å². The lowest BCUT2D eigenvalue weighted by Crippen LogP contribution is -2.25. The maximum atomic E-state index is 6.05. The quantitative estimate of drug-likeness (QED) is 0.585. The van der Waals surface area contributed by atoms with Crippen LogP contribution in [0.5, 0.6) is 0 Å². The fraction of sp³-hybridized carbons (Fsp3) is 0.400. The van der Waals surface area contributed by atoms with E-state index in [0.29, 0.717) is 5.92 Å². The van der Waals surface area contributed by atoms with Gasteiger partial charge in [-0.2, -0.15) is 0 Å². The van der Waals surface area contributed by atoms with Crippen molar-refractivity contribution < 1.29 is 9.15 Å². The highest BCUT2D eigenvalue weighted by Gasteiger charge is 2.18. The summed E-state index contributed by atoms with van der Waals surface area (Å²) in [6, 6.07) is 14.7. The van der Waals surface area contributed by atoms with Crippen LogP contribution in [0, 0.1) is 0 Å². The van der Waals surface area contributed by atoms with E-state index in [1.807, 2.05) is 12.1 Å². The number of rotatable bonds is 5. The lowest BCUT2D eigenvalue weighted by Gasteiger charge is -2.25. The number of hydrogen-bond donors (Lipinski definition) is 0. The zero-order chi connectivity index (χ0) is 15.7. The van der Waals surface area contributed by atoms with E-state index in [1.165, 1.54) is 16.3 Å². The van der Waals surface area contributed by atoms with Gasteiger partial charge in [0.1, 0.15) is 11.2 Å². The molecule has 0 bridgehead atoms. The Morgan fingerprint density at radius 1 is 1.05 bits per heavy atom. The first-order chi connectivity index (χ1) is 10.5. The van der Waals surface area contributed by atoms with Crippen molar-refractivity contribution in [3.63, 3.8) is 0 Å². The van der Waals surface area contributed by atoms with Gasteiger partial charge in [0.25, 0.3) is 0 Å². The number of fused-ring (bicyclic) bond motifs is 3. The molecule has 1 aromatic heterocycles. The maximum absolute atomic E-state index is 6.05. The van der Waals surface area contributed by atoms with Crippen LogP contribution in [0.4, 0.5) is 0 Å². The van der Waals surface area contributed by atoms with Gasteiger partial charge in [-0.25, -0.2) is 0 Å². The summed E-state index contributed by atoms with van der Waals surface area (Å²) in [5.41, 5.74) is 3.14. The number of ether oxygens (including phenoxy) is 1. The Morgan fingerprint density at radius 2 is 1.77 bits per heavy atom. The van der Waals surface area contributed by atoms with Crippen molar-refractivity contribution in [2.24, 2.45) is 0 Å². The molecule has 0 aliphatic heterocycles. The average molecular weight is 296 g/mol. The minimum absolute atomic E-state index is 0.0549. The Morgan fingerprint density at radius 3 is 2.55 bits per heavy atom. The largest absolute Gasteiger partial charge is 0.456 e. The topological polar surface area (TPSA) is 22.4 Å².